The first-order valence-electron chi connectivity index (χ1n) is 6.25. The van der Waals surface area contributed by atoms with E-state index in [2.05, 4.69) is 9.71 Å². The van der Waals surface area contributed by atoms with E-state index in [0.717, 1.165) is 16.3 Å². The van der Waals surface area contributed by atoms with Gasteiger partial charge in [0, 0.05) is 18.9 Å². The van der Waals surface area contributed by atoms with Gasteiger partial charge >= 0.3 is 0 Å². The molecule has 20 heavy (non-hydrogen) atoms. The van der Waals surface area contributed by atoms with Gasteiger partial charge in [-0.15, -0.1) is 0 Å². The van der Waals surface area contributed by atoms with Crippen molar-refractivity contribution in [1.29, 1.82) is 0 Å². The monoisotopic (exact) mass is 286 g/mol. The fourth-order valence-electron chi connectivity index (χ4n) is 2.06. The average Bonchev–Trinajstić information content (AvgIpc) is 2.98. The molecule has 0 aliphatic carbocycles. The van der Waals surface area contributed by atoms with Gasteiger partial charge in [-0.1, -0.05) is 30.3 Å². The predicted molar refractivity (Wildman–Crippen MR) is 78.8 cm³/mol. The van der Waals surface area contributed by atoms with Crippen LogP contribution in [0.3, 0.4) is 0 Å². The summed E-state index contributed by atoms with van der Waals surface area (Å²) in [5, 5.41) is 1.94. The number of nitrogens with one attached hydrogen (secondary N) is 2. The fraction of sp³-hybridized carbons (Fsp3) is 0.0667. The molecule has 4 nitrogen and oxygen atoms in total. The highest BCUT2D eigenvalue weighted by molar-refractivity contribution is 7.89. The molecule has 0 saturated carbocycles. The molecule has 1 aromatic heterocycles. The van der Waals surface area contributed by atoms with E-state index in [-0.39, 0.29) is 11.4 Å². The SMILES string of the molecule is O=S(=O)(NCc1cc[nH]c1)c1ccc2ccccc2c1. The van der Waals surface area contributed by atoms with E-state index in [1.165, 1.54) is 0 Å². The highest BCUT2D eigenvalue weighted by Crippen LogP contribution is 2.19. The number of hydrogen-bond acceptors (Lipinski definition) is 2. The zero-order chi connectivity index (χ0) is 14.0. The van der Waals surface area contributed by atoms with Crippen LogP contribution in [0.1, 0.15) is 5.56 Å². The number of fused-ring (bicyclic) bond motifs is 1. The maximum Gasteiger partial charge on any atom is 0.240 e. The van der Waals surface area contributed by atoms with Gasteiger partial charge in [0.1, 0.15) is 0 Å². The number of sulfonamides is 1. The van der Waals surface area contributed by atoms with Crippen molar-refractivity contribution < 1.29 is 8.42 Å². The Kier molecular flexibility index (Phi) is 3.30. The van der Waals surface area contributed by atoms with Gasteiger partial charge in [0.05, 0.1) is 4.90 Å². The first-order chi connectivity index (χ1) is 9.65. The summed E-state index contributed by atoms with van der Waals surface area (Å²) < 4.78 is 27.1. The fourth-order valence-corrected chi connectivity index (χ4v) is 3.12. The Morgan fingerprint density at radius 3 is 2.55 bits per heavy atom. The van der Waals surface area contributed by atoms with E-state index in [1.807, 2.05) is 36.4 Å². The third-order valence-electron chi connectivity index (χ3n) is 3.16. The Morgan fingerprint density at radius 1 is 1.00 bits per heavy atom. The minimum absolute atomic E-state index is 0.276. The summed E-state index contributed by atoms with van der Waals surface area (Å²) in [5.74, 6) is 0. The number of rotatable bonds is 4. The first-order valence-corrected chi connectivity index (χ1v) is 7.74. The molecular weight excluding hydrogens is 272 g/mol. The third-order valence-corrected chi connectivity index (χ3v) is 4.56. The summed E-state index contributed by atoms with van der Waals surface area (Å²) in [6, 6.07) is 14.7. The van der Waals surface area contributed by atoms with E-state index >= 15 is 0 Å². The Hall–Kier alpha value is -2.11. The van der Waals surface area contributed by atoms with Crippen molar-refractivity contribution in [2.24, 2.45) is 0 Å². The van der Waals surface area contributed by atoms with Crippen molar-refractivity contribution in [2.75, 3.05) is 0 Å². The van der Waals surface area contributed by atoms with Gasteiger partial charge in [-0.25, -0.2) is 13.1 Å². The summed E-state index contributed by atoms with van der Waals surface area (Å²) in [6.45, 7) is 0.276. The van der Waals surface area contributed by atoms with Gasteiger partial charge in [-0.05, 0) is 34.5 Å². The average molecular weight is 286 g/mol. The Morgan fingerprint density at radius 2 is 1.80 bits per heavy atom. The molecule has 3 aromatic rings. The maximum atomic E-state index is 12.2. The van der Waals surface area contributed by atoms with Crippen LogP contribution in [0.5, 0.6) is 0 Å². The second kappa shape index (κ2) is 5.11. The molecule has 2 N–H and O–H groups in total. The Bertz CT molecular complexity index is 824. The van der Waals surface area contributed by atoms with Crippen molar-refractivity contribution in [3.8, 4) is 0 Å². The van der Waals surface area contributed by atoms with Crippen LogP contribution in [0.4, 0.5) is 0 Å². The molecule has 2 aromatic carbocycles. The van der Waals surface area contributed by atoms with E-state index < -0.39 is 10.0 Å². The highest BCUT2D eigenvalue weighted by atomic mass is 32.2. The lowest BCUT2D eigenvalue weighted by molar-refractivity contribution is 0.581. The van der Waals surface area contributed by atoms with Crippen LogP contribution < -0.4 is 4.72 Å². The van der Waals surface area contributed by atoms with Gasteiger partial charge in [0.15, 0.2) is 0 Å². The van der Waals surface area contributed by atoms with Gasteiger partial charge in [-0.2, -0.15) is 0 Å². The van der Waals surface area contributed by atoms with E-state index in [4.69, 9.17) is 0 Å². The standard InChI is InChI=1S/C15H14N2O2S/c18-20(19,17-11-12-7-8-16-10-12)15-6-5-13-3-1-2-4-14(13)9-15/h1-10,16-17H,11H2. The quantitative estimate of drug-likeness (QED) is 0.774. The van der Waals surface area contributed by atoms with E-state index in [9.17, 15) is 8.42 Å². The van der Waals surface area contributed by atoms with E-state index in [0.29, 0.717) is 0 Å². The van der Waals surface area contributed by atoms with Crippen LogP contribution >= 0.6 is 0 Å². The number of aromatic amines is 1. The van der Waals surface area contributed by atoms with E-state index in [1.54, 1.807) is 24.5 Å². The summed E-state index contributed by atoms with van der Waals surface area (Å²) in [6.07, 6.45) is 3.53. The van der Waals surface area contributed by atoms with Gasteiger partial charge in [-0.3, -0.25) is 0 Å². The Labute approximate surface area is 117 Å². The molecule has 0 unspecified atom stereocenters. The second-order valence-corrected chi connectivity index (χ2v) is 6.32. The highest BCUT2D eigenvalue weighted by Gasteiger charge is 2.14. The zero-order valence-corrected chi connectivity index (χ0v) is 11.5. The first kappa shape index (κ1) is 12.9. The lowest BCUT2D eigenvalue weighted by atomic mass is 10.1. The normalized spacial score (nSPS) is 11.8. The molecule has 102 valence electrons. The van der Waals surface area contributed by atoms with Crippen LogP contribution in [0.15, 0.2) is 65.8 Å². The maximum absolute atomic E-state index is 12.2. The number of H-pyrrole nitrogens is 1. The van der Waals surface area contributed by atoms with Crippen molar-refractivity contribution in [3.63, 3.8) is 0 Å². The molecular formula is C15H14N2O2S. The molecule has 1 heterocycles. The molecule has 5 heteroatoms. The lowest BCUT2D eigenvalue weighted by Gasteiger charge is -2.07. The zero-order valence-electron chi connectivity index (χ0n) is 10.7. The lowest BCUT2D eigenvalue weighted by Crippen LogP contribution is -2.22. The topological polar surface area (TPSA) is 62.0 Å². The largest absolute Gasteiger partial charge is 0.367 e. The summed E-state index contributed by atoms with van der Waals surface area (Å²) in [7, 11) is -3.49. The summed E-state index contributed by atoms with van der Waals surface area (Å²) in [4.78, 5) is 3.18. The van der Waals surface area contributed by atoms with Crippen molar-refractivity contribution in [1.82, 2.24) is 9.71 Å². The van der Waals surface area contributed by atoms with Crippen LogP contribution in [-0.2, 0) is 16.6 Å². The molecule has 0 saturated heterocycles. The van der Waals surface area contributed by atoms with Crippen molar-refractivity contribution in [3.05, 3.63) is 66.5 Å². The number of benzene rings is 2. The molecule has 0 radical (unpaired) electrons. The molecule has 0 bridgehead atoms. The van der Waals surface area contributed by atoms with Gasteiger partial charge in [0.2, 0.25) is 10.0 Å². The number of aromatic nitrogens is 1. The third kappa shape index (κ3) is 2.59. The minimum Gasteiger partial charge on any atom is -0.367 e. The molecule has 0 spiro atoms. The second-order valence-electron chi connectivity index (χ2n) is 4.55. The molecule has 0 amide bonds. The molecule has 0 fully saturated rings. The van der Waals surface area contributed by atoms with Gasteiger partial charge < -0.3 is 4.98 Å². The smallest absolute Gasteiger partial charge is 0.240 e. The van der Waals surface area contributed by atoms with Crippen LogP contribution in [0.2, 0.25) is 0 Å². The van der Waals surface area contributed by atoms with Crippen LogP contribution in [0.25, 0.3) is 10.8 Å². The molecule has 3 rings (SSSR count). The molecule has 0 atom stereocenters. The van der Waals surface area contributed by atoms with Gasteiger partial charge in [0.25, 0.3) is 0 Å². The minimum atomic E-state index is -3.49. The molecule has 0 aliphatic rings. The summed E-state index contributed by atoms with van der Waals surface area (Å²) >= 11 is 0. The van der Waals surface area contributed by atoms with Crippen molar-refractivity contribution in [2.45, 2.75) is 11.4 Å². The number of hydrogen-bond donors (Lipinski definition) is 2. The van der Waals surface area contributed by atoms with Crippen LogP contribution in [-0.4, -0.2) is 13.4 Å². The summed E-state index contributed by atoms with van der Waals surface area (Å²) in [5.41, 5.74) is 0.898. The van der Waals surface area contributed by atoms with Crippen LogP contribution in [0, 0.1) is 0 Å². The Balaban J connectivity index is 1.88. The predicted octanol–water partition coefficient (Wildman–Crippen LogP) is 2.65. The van der Waals surface area contributed by atoms with Crippen molar-refractivity contribution >= 4 is 20.8 Å². The molecule has 0 aliphatic heterocycles.